The molecule has 5 heteroatoms. The molecule has 1 saturated heterocycles. The lowest BCUT2D eigenvalue weighted by molar-refractivity contribution is -0.153. The van der Waals surface area contributed by atoms with Crippen LogP contribution >= 0.6 is 0 Å². The molecule has 1 fully saturated rings. The van der Waals surface area contributed by atoms with Gasteiger partial charge in [-0.25, -0.2) is 0 Å². The van der Waals surface area contributed by atoms with E-state index >= 15 is 0 Å². The SMILES string of the molecule is CC(C)CNCC1CCCCN1CC(F)(F)F. The van der Waals surface area contributed by atoms with Crippen molar-refractivity contribution in [2.75, 3.05) is 26.2 Å². The molecule has 0 bridgehead atoms. The molecular weight excluding hydrogens is 229 g/mol. The number of hydrogen-bond donors (Lipinski definition) is 1. The summed E-state index contributed by atoms with van der Waals surface area (Å²) in [5.41, 5.74) is 0. The maximum atomic E-state index is 12.4. The van der Waals surface area contributed by atoms with Crippen LogP contribution in [0.3, 0.4) is 0 Å². The second kappa shape index (κ2) is 6.59. The first-order chi connectivity index (χ1) is 7.88. The highest BCUT2D eigenvalue weighted by molar-refractivity contribution is 4.80. The third kappa shape index (κ3) is 6.27. The van der Waals surface area contributed by atoms with Gasteiger partial charge in [0.1, 0.15) is 0 Å². The lowest BCUT2D eigenvalue weighted by Gasteiger charge is -2.36. The number of likely N-dealkylation sites (tertiary alicyclic amines) is 1. The Bertz CT molecular complexity index is 216. The Morgan fingerprint density at radius 3 is 2.59 bits per heavy atom. The Hall–Kier alpha value is -0.290. The van der Waals surface area contributed by atoms with Gasteiger partial charge in [0.05, 0.1) is 6.54 Å². The zero-order valence-corrected chi connectivity index (χ0v) is 10.7. The van der Waals surface area contributed by atoms with Gasteiger partial charge in [-0.15, -0.1) is 0 Å². The summed E-state index contributed by atoms with van der Waals surface area (Å²) in [4.78, 5) is 1.58. The standard InChI is InChI=1S/C12H23F3N2/c1-10(2)7-16-8-11-5-3-4-6-17(11)9-12(13,14)15/h10-11,16H,3-9H2,1-2H3. The Morgan fingerprint density at radius 2 is 2.00 bits per heavy atom. The van der Waals surface area contributed by atoms with Gasteiger partial charge in [-0.05, 0) is 31.8 Å². The quantitative estimate of drug-likeness (QED) is 0.809. The number of alkyl halides is 3. The lowest BCUT2D eigenvalue weighted by Crippen LogP contribution is -2.49. The highest BCUT2D eigenvalue weighted by Gasteiger charge is 2.34. The Labute approximate surface area is 102 Å². The molecule has 0 spiro atoms. The van der Waals surface area contributed by atoms with Crippen molar-refractivity contribution in [1.82, 2.24) is 10.2 Å². The van der Waals surface area contributed by atoms with Crippen LogP contribution in [0.25, 0.3) is 0 Å². The van der Waals surface area contributed by atoms with E-state index in [4.69, 9.17) is 0 Å². The van der Waals surface area contributed by atoms with E-state index in [-0.39, 0.29) is 6.04 Å². The van der Waals surface area contributed by atoms with Crippen LogP contribution in [-0.4, -0.2) is 43.3 Å². The highest BCUT2D eigenvalue weighted by atomic mass is 19.4. The van der Waals surface area contributed by atoms with Crippen LogP contribution in [0.4, 0.5) is 13.2 Å². The normalized spacial score (nSPS) is 23.3. The van der Waals surface area contributed by atoms with Crippen molar-refractivity contribution >= 4 is 0 Å². The zero-order valence-electron chi connectivity index (χ0n) is 10.7. The van der Waals surface area contributed by atoms with Crippen LogP contribution in [-0.2, 0) is 0 Å². The minimum atomic E-state index is -4.08. The maximum absolute atomic E-state index is 12.4. The smallest absolute Gasteiger partial charge is 0.315 e. The van der Waals surface area contributed by atoms with E-state index in [1.165, 1.54) is 0 Å². The van der Waals surface area contributed by atoms with E-state index < -0.39 is 12.7 Å². The van der Waals surface area contributed by atoms with Crippen LogP contribution in [0.5, 0.6) is 0 Å². The average Bonchev–Trinajstić information content (AvgIpc) is 2.17. The second-order valence-corrected chi connectivity index (χ2v) is 5.29. The molecule has 17 heavy (non-hydrogen) atoms. The molecule has 102 valence electrons. The monoisotopic (exact) mass is 252 g/mol. The van der Waals surface area contributed by atoms with Crippen LogP contribution in [0.2, 0.25) is 0 Å². The largest absolute Gasteiger partial charge is 0.401 e. The van der Waals surface area contributed by atoms with Crippen LogP contribution in [0.15, 0.2) is 0 Å². The van der Waals surface area contributed by atoms with Crippen molar-refractivity contribution in [3.8, 4) is 0 Å². The number of halogens is 3. The first kappa shape index (κ1) is 14.8. The predicted molar refractivity (Wildman–Crippen MR) is 63.0 cm³/mol. The first-order valence-corrected chi connectivity index (χ1v) is 6.40. The van der Waals surface area contributed by atoms with E-state index in [1.54, 1.807) is 4.90 Å². The molecule has 0 radical (unpaired) electrons. The number of piperidine rings is 1. The van der Waals surface area contributed by atoms with Gasteiger partial charge in [-0.2, -0.15) is 13.2 Å². The summed E-state index contributed by atoms with van der Waals surface area (Å²) in [5.74, 6) is 0.537. The summed E-state index contributed by atoms with van der Waals surface area (Å²) < 4.78 is 37.2. The molecule has 0 aromatic rings. The average molecular weight is 252 g/mol. The Balaban J connectivity index is 2.37. The fourth-order valence-electron chi connectivity index (χ4n) is 2.27. The molecule has 0 aromatic heterocycles. The number of nitrogens with zero attached hydrogens (tertiary/aromatic N) is 1. The van der Waals surface area contributed by atoms with E-state index in [0.717, 1.165) is 25.8 Å². The lowest BCUT2D eigenvalue weighted by atomic mass is 10.0. The number of hydrogen-bond acceptors (Lipinski definition) is 2. The van der Waals surface area contributed by atoms with Crippen molar-refractivity contribution in [3.63, 3.8) is 0 Å². The van der Waals surface area contributed by atoms with Crippen LogP contribution in [0.1, 0.15) is 33.1 Å². The topological polar surface area (TPSA) is 15.3 Å². The Morgan fingerprint density at radius 1 is 1.29 bits per heavy atom. The van der Waals surface area contributed by atoms with Crippen LogP contribution < -0.4 is 5.32 Å². The van der Waals surface area contributed by atoms with Gasteiger partial charge in [-0.3, -0.25) is 4.90 Å². The molecule has 1 unspecified atom stereocenters. The van der Waals surface area contributed by atoms with Gasteiger partial charge >= 0.3 is 6.18 Å². The maximum Gasteiger partial charge on any atom is 0.401 e. The predicted octanol–water partition coefficient (Wildman–Crippen LogP) is 2.65. The minimum absolute atomic E-state index is 0.0455. The highest BCUT2D eigenvalue weighted by Crippen LogP contribution is 2.23. The van der Waals surface area contributed by atoms with Crippen molar-refractivity contribution in [3.05, 3.63) is 0 Å². The first-order valence-electron chi connectivity index (χ1n) is 6.40. The van der Waals surface area contributed by atoms with E-state index in [9.17, 15) is 13.2 Å². The van der Waals surface area contributed by atoms with Gasteiger partial charge in [0, 0.05) is 12.6 Å². The summed E-state index contributed by atoms with van der Waals surface area (Å²) in [6, 6.07) is 0.0455. The molecule has 0 saturated carbocycles. The summed E-state index contributed by atoms with van der Waals surface area (Å²) in [6.07, 6.45) is -1.27. The third-order valence-electron chi connectivity index (χ3n) is 3.06. The second-order valence-electron chi connectivity index (χ2n) is 5.29. The number of nitrogens with one attached hydrogen (secondary N) is 1. The van der Waals surface area contributed by atoms with Crippen LogP contribution in [0, 0.1) is 5.92 Å². The van der Waals surface area contributed by atoms with E-state index in [2.05, 4.69) is 19.2 Å². The van der Waals surface area contributed by atoms with Gasteiger partial charge in [0.2, 0.25) is 0 Å². The van der Waals surface area contributed by atoms with E-state index in [0.29, 0.717) is 19.0 Å². The molecule has 1 aliphatic heterocycles. The summed E-state index contributed by atoms with van der Waals surface area (Å²) in [6.45, 7) is 5.56. The van der Waals surface area contributed by atoms with Gasteiger partial charge in [0.15, 0.2) is 0 Å². The van der Waals surface area contributed by atoms with E-state index in [1.807, 2.05) is 0 Å². The Kier molecular flexibility index (Phi) is 5.73. The van der Waals surface area contributed by atoms with Crippen molar-refractivity contribution < 1.29 is 13.2 Å². The fourth-order valence-corrected chi connectivity index (χ4v) is 2.27. The fraction of sp³-hybridized carbons (Fsp3) is 1.00. The summed E-state index contributed by atoms with van der Waals surface area (Å²) in [7, 11) is 0. The molecular formula is C12H23F3N2. The molecule has 1 atom stereocenters. The number of rotatable bonds is 5. The van der Waals surface area contributed by atoms with Gasteiger partial charge in [0.25, 0.3) is 0 Å². The molecule has 1 rings (SSSR count). The molecule has 0 aromatic carbocycles. The third-order valence-corrected chi connectivity index (χ3v) is 3.06. The molecule has 2 nitrogen and oxygen atoms in total. The van der Waals surface area contributed by atoms with Crippen molar-refractivity contribution in [2.24, 2.45) is 5.92 Å². The van der Waals surface area contributed by atoms with Crippen molar-refractivity contribution in [2.45, 2.75) is 45.3 Å². The zero-order chi connectivity index (χ0) is 12.9. The molecule has 1 aliphatic rings. The minimum Gasteiger partial charge on any atom is -0.315 e. The van der Waals surface area contributed by atoms with Gasteiger partial charge in [-0.1, -0.05) is 20.3 Å². The van der Waals surface area contributed by atoms with Crippen molar-refractivity contribution in [1.29, 1.82) is 0 Å². The van der Waals surface area contributed by atoms with Gasteiger partial charge < -0.3 is 5.32 Å². The molecule has 0 amide bonds. The molecule has 1 heterocycles. The molecule has 0 aliphatic carbocycles. The summed E-state index contributed by atoms with van der Waals surface area (Å²) in [5, 5.41) is 3.26. The molecule has 1 N–H and O–H groups in total. The summed E-state index contributed by atoms with van der Waals surface area (Å²) >= 11 is 0.